The number of fused-ring (bicyclic) bond motifs is 2. The molecule has 1 aromatic carbocycles. The van der Waals surface area contributed by atoms with E-state index in [0.717, 1.165) is 49.5 Å². The summed E-state index contributed by atoms with van der Waals surface area (Å²) in [5.41, 5.74) is 1.43. The Morgan fingerprint density at radius 2 is 1.85 bits per heavy atom. The Labute approximate surface area is 160 Å². The number of ether oxygens (including phenoxy) is 2. The van der Waals surface area contributed by atoms with Crippen molar-refractivity contribution in [1.29, 1.82) is 0 Å². The molecule has 0 amide bonds. The van der Waals surface area contributed by atoms with Crippen molar-refractivity contribution in [2.24, 2.45) is 11.8 Å². The van der Waals surface area contributed by atoms with Crippen molar-refractivity contribution in [3.63, 3.8) is 0 Å². The van der Waals surface area contributed by atoms with Gasteiger partial charge in [0.15, 0.2) is 11.5 Å². The number of methoxy groups -OCH3 is 2. The fraction of sp³-hybridized carbons (Fsp3) is 0.500. The van der Waals surface area contributed by atoms with Crippen LogP contribution in [-0.4, -0.2) is 42.3 Å². The van der Waals surface area contributed by atoms with Gasteiger partial charge in [-0.2, -0.15) is 0 Å². The molecule has 2 atom stereocenters. The normalized spacial score (nSPS) is 28.0. The second kappa shape index (κ2) is 7.49. The van der Waals surface area contributed by atoms with Crippen LogP contribution in [0.3, 0.4) is 0 Å². The molecule has 2 heterocycles. The second-order valence-corrected chi connectivity index (χ2v) is 7.78. The van der Waals surface area contributed by atoms with Crippen molar-refractivity contribution in [2.45, 2.75) is 31.4 Å². The maximum Gasteiger partial charge on any atom is 0.161 e. The Kier molecular flexibility index (Phi) is 5.06. The molecule has 144 valence electrons. The van der Waals surface area contributed by atoms with Crippen molar-refractivity contribution < 1.29 is 14.6 Å². The molecule has 2 fully saturated rings. The summed E-state index contributed by atoms with van der Waals surface area (Å²) < 4.78 is 10.8. The minimum atomic E-state index is -0.749. The van der Waals surface area contributed by atoms with Gasteiger partial charge in [-0.25, -0.2) is 0 Å². The summed E-state index contributed by atoms with van der Waals surface area (Å²) in [6.07, 6.45) is 6.93. The average molecular weight is 368 g/mol. The molecule has 2 aromatic rings. The van der Waals surface area contributed by atoms with Crippen LogP contribution in [0.15, 0.2) is 42.7 Å². The summed E-state index contributed by atoms with van der Waals surface area (Å²) in [6.45, 7) is 2.66. The number of hydrogen-bond donors (Lipinski definition) is 1. The van der Waals surface area contributed by atoms with Gasteiger partial charge in [-0.1, -0.05) is 18.6 Å². The molecule has 0 spiro atoms. The largest absolute Gasteiger partial charge is 0.493 e. The third kappa shape index (κ3) is 3.30. The third-order valence-corrected chi connectivity index (χ3v) is 6.29. The molecule has 0 radical (unpaired) electrons. The van der Waals surface area contributed by atoms with Crippen LogP contribution >= 0.6 is 0 Å². The molecular weight excluding hydrogens is 340 g/mol. The van der Waals surface area contributed by atoms with Gasteiger partial charge in [0.05, 0.1) is 19.8 Å². The molecule has 1 saturated carbocycles. The Morgan fingerprint density at radius 3 is 2.48 bits per heavy atom. The molecular formula is C22H28N2O3. The standard InChI is InChI=1S/C22H28N2O3/c1-26-20-9-8-16(11-21(20)27-2)13-24-14-18-5-3-6-19(15-24)22(18,25)17-7-4-10-23-12-17/h4,7-12,18-19,25H,3,5-6,13-15H2,1-2H3. The van der Waals surface area contributed by atoms with E-state index in [9.17, 15) is 5.11 Å². The molecule has 5 heteroatoms. The van der Waals surface area contributed by atoms with Crippen LogP contribution in [0.1, 0.15) is 30.4 Å². The molecule has 4 rings (SSSR count). The van der Waals surface area contributed by atoms with E-state index in [1.165, 1.54) is 12.0 Å². The zero-order chi connectivity index (χ0) is 18.9. The highest BCUT2D eigenvalue weighted by atomic mass is 16.5. The van der Waals surface area contributed by atoms with Crippen LogP contribution in [0.4, 0.5) is 0 Å². The van der Waals surface area contributed by atoms with E-state index < -0.39 is 5.60 Å². The number of rotatable bonds is 5. The highest BCUT2D eigenvalue weighted by Gasteiger charge is 2.51. The van der Waals surface area contributed by atoms with Crippen molar-refractivity contribution in [1.82, 2.24) is 9.88 Å². The predicted molar refractivity (Wildman–Crippen MR) is 104 cm³/mol. The molecule has 1 saturated heterocycles. The number of pyridine rings is 1. The summed E-state index contributed by atoms with van der Waals surface area (Å²) >= 11 is 0. The number of benzene rings is 1. The van der Waals surface area contributed by atoms with Gasteiger partial charge in [0.1, 0.15) is 0 Å². The summed E-state index contributed by atoms with van der Waals surface area (Å²) in [7, 11) is 3.32. The van der Waals surface area contributed by atoms with Gasteiger partial charge < -0.3 is 14.6 Å². The molecule has 1 aliphatic heterocycles. The predicted octanol–water partition coefficient (Wildman–Crippen LogP) is 3.22. The zero-order valence-electron chi connectivity index (χ0n) is 16.1. The maximum absolute atomic E-state index is 11.7. The number of aliphatic hydroxyl groups is 1. The lowest BCUT2D eigenvalue weighted by molar-refractivity contribution is -0.148. The quantitative estimate of drug-likeness (QED) is 0.878. The van der Waals surface area contributed by atoms with Gasteiger partial charge in [0.25, 0.3) is 0 Å². The Balaban J connectivity index is 1.54. The zero-order valence-corrected chi connectivity index (χ0v) is 16.1. The lowest BCUT2D eigenvalue weighted by Gasteiger charge is -2.53. The van der Waals surface area contributed by atoms with E-state index in [1.807, 2.05) is 24.4 Å². The fourth-order valence-corrected chi connectivity index (χ4v) is 4.98. The van der Waals surface area contributed by atoms with Gasteiger partial charge in [-0.15, -0.1) is 0 Å². The molecule has 1 aromatic heterocycles. The maximum atomic E-state index is 11.7. The van der Waals surface area contributed by atoms with E-state index in [2.05, 4.69) is 22.0 Å². The average Bonchev–Trinajstić information content (AvgIpc) is 2.69. The molecule has 2 aliphatic rings. The van der Waals surface area contributed by atoms with Crippen molar-refractivity contribution in [3.8, 4) is 11.5 Å². The Hall–Kier alpha value is -2.11. The number of piperidine rings is 1. The summed E-state index contributed by atoms with van der Waals surface area (Å²) in [6, 6.07) is 10.1. The first-order chi connectivity index (χ1) is 13.1. The fourth-order valence-electron chi connectivity index (χ4n) is 4.98. The van der Waals surface area contributed by atoms with E-state index in [1.54, 1.807) is 20.4 Å². The lowest BCUT2D eigenvalue weighted by Crippen LogP contribution is -2.57. The monoisotopic (exact) mass is 368 g/mol. The molecule has 27 heavy (non-hydrogen) atoms. The van der Waals surface area contributed by atoms with Crippen molar-refractivity contribution in [3.05, 3.63) is 53.9 Å². The minimum absolute atomic E-state index is 0.245. The number of likely N-dealkylation sites (tertiary alicyclic amines) is 1. The molecule has 1 N–H and O–H groups in total. The number of nitrogens with zero attached hydrogens (tertiary/aromatic N) is 2. The van der Waals surface area contributed by atoms with Gasteiger partial charge in [-0.05, 0) is 36.6 Å². The van der Waals surface area contributed by atoms with Crippen LogP contribution < -0.4 is 9.47 Å². The van der Waals surface area contributed by atoms with Crippen LogP contribution in [0.2, 0.25) is 0 Å². The van der Waals surface area contributed by atoms with Crippen LogP contribution in [0.5, 0.6) is 11.5 Å². The van der Waals surface area contributed by atoms with Crippen LogP contribution in [-0.2, 0) is 12.1 Å². The smallest absolute Gasteiger partial charge is 0.161 e. The first-order valence-corrected chi connectivity index (χ1v) is 9.71. The lowest BCUT2D eigenvalue weighted by atomic mass is 9.63. The highest BCUT2D eigenvalue weighted by molar-refractivity contribution is 5.42. The van der Waals surface area contributed by atoms with E-state index >= 15 is 0 Å². The van der Waals surface area contributed by atoms with Gasteiger partial charge in [-0.3, -0.25) is 9.88 Å². The summed E-state index contributed by atoms with van der Waals surface area (Å²) in [4.78, 5) is 6.73. The van der Waals surface area contributed by atoms with Crippen LogP contribution in [0, 0.1) is 11.8 Å². The number of aromatic nitrogens is 1. The van der Waals surface area contributed by atoms with Crippen molar-refractivity contribution >= 4 is 0 Å². The first-order valence-electron chi connectivity index (χ1n) is 9.71. The minimum Gasteiger partial charge on any atom is -0.493 e. The van der Waals surface area contributed by atoms with Gasteiger partial charge in [0, 0.05) is 49.4 Å². The topological polar surface area (TPSA) is 54.8 Å². The molecule has 2 bridgehead atoms. The van der Waals surface area contributed by atoms with Crippen LogP contribution in [0.25, 0.3) is 0 Å². The molecule has 1 aliphatic carbocycles. The second-order valence-electron chi connectivity index (χ2n) is 7.78. The van der Waals surface area contributed by atoms with Crippen molar-refractivity contribution in [2.75, 3.05) is 27.3 Å². The summed E-state index contributed by atoms with van der Waals surface area (Å²) in [5.74, 6) is 2.01. The van der Waals surface area contributed by atoms with E-state index in [0.29, 0.717) is 0 Å². The summed E-state index contributed by atoms with van der Waals surface area (Å²) in [5, 5.41) is 11.7. The third-order valence-electron chi connectivity index (χ3n) is 6.29. The Bertz CT molecular complexity index is 766. The van der Waals surface area contributed by atoms with E-state index in [-0.39, 0.29) is 11.8 Å². The van der Waals surface area contributed by atoms with Gasteiger partial charge in [0.2, 0.25) is 0 Å². The van der Waals surface area contributed by atoms with Gasteiger partial charge >= 0.3 is 0 Å². The first kappa shape index (κ1) is 18.3. The van der Waals surface area contributed by atoms with E-state index in [4.69, 9.17) is 9.47 Å². The SMILES string of the molecule is COc1ccc(CN2CC3CCCC(C2)C3(O)c2cccnc2)cc1OC. The number of hydrogen-bond acceptors (Lipinski definition) is 5. The molecule has 5 nitrogen and oxygen atoms in total. The molecule has 2 unspecified atom stereocenters. The Morgan fingerprint density at radius 1 is 1.11 bits per heavy atom. The highest BCUT2D eigenvalue weighted by Crippen LogP contribution is 2.49.